The molecular formula is C22H24F6. The number of hydrogen-bond donors (Lipinski definition) is 0. The average Bonchev–Trinajstić information content (AvgIpc) is 2.55. The molecular weight excluding hydrogens is 378 g/mol. The molecule has 0 heterocycles. The number of alkyl halides is 6. The van der Waals surface area contributed by atoms with E-state index in [9.17, 15) is 26.3 Å². The Balaban J connectivity index is 2.36. The first-order valence-electron chi connectivity index (χ1n) is 9.55. The maximum Gasteiger partial charge on any atom is 0.410 e. The number of halogens is 6. The lowest BCUT2D eigenvalue weighted by atomic mass is 9.53. The molecule has 28 heavy (non-hydrogen) atoms. The molecule has 1 fully saturated rings. The van der Waals surface area contributed by atoms with Crippen LogP contribution in [0.25, 0.3) is 0 Å². The zero-order chi connectivity index (χ0) is 21.1. The molecule has 2 unspecified atom stereocenters. The molecule has 1 aromatic rings. The monoisotopic (exact) mass is 402 g/mol. The number of aryl methyl sites for hydroxylation is 2. The van der Waals surface area contributed by atoms with Crippen LogP contribution >= 0.6 is 0 Å². The Bertz CT molecular complexity index is 824. The topological polar surface area (TPSA) is 0 Å². The molecule has 2 bridgehead atoms. The summed E-state index contributed by atoms with van der Waals surface area (Å²) in [6, 6.07) is 3.40. The maximum atomic E-state index is 14.4. The standard InChI is InChI=1S/C22H24F6/c1-5-14-10-19(18-11-17(14)16(18)6-2)20(21(23,24)25,22(26,27)28)15-8-7-12(3)13(4)9-15/h7-10,16,18H,5-6,11H2,1-4H3. The molecule has 0 saturated heterocycles. The second kappa shape index (κ2) is 6.67. The molecule has 3 aliphatic rings. The van der Waals surface area contributed by atoms with Crippen LogP contribution in [0.3, 0.4) is 0 Å². The van der Waals surface area contributed by atoms with Crippen LogP contribution in [0.5, 0.6) is 0 Å². The predicted molar refractivity (Wildman–Crippen MR) is 97.0 cm³/mol. The minimum Gasteiger partial charge on any atom is -0.169 e. The summed E-state index contributed by atoms with van der Waals surface area (Å²) < 4.78 is 86.7. The maximum absolute atomic E-state index is 14.4. The second-order valence-electron chi connectivity index (χ2n) is 7.87. The van der Waals surface area contributed by atoms with Crippen LogP contribution in [-0.2, 0) is 5.41 Å². The highest BCUT2D eigenvalue weighted by Crippen LogP contribution is 2.64. The molecule has 4 rings (SSSR count). The van der Waals surface area contributed by atoms with E-state index in [0.717, 1.165) is 17.7 Å². The summed E-state index contributed by atoms with van der Waals surface area (Å²) >= 11 is 0. The Morgan fingerprint density at radius 1 is 0.929 bits per heavy atom. The van der Waals surface area contributed by atoms with Gasteiger partial charge in [0, 0.05) is 0 Å². The summed E-state index contributed by atoms with van der Waals surface area (Å²) in [5.41, 5.74) is -2.52. The fraction of sp³-hybridized carbons (Fsp3) is 0.545. The van der Waals surface area contributed by atoms with Crippen LogP contribution in [0.2, 0.25) is 0 Å². The van der Waals surface area contributed by atoms with E-state index in [4.69, 9.17) is 0 Å². The van der Waals surface area contributed by atoms with E-state index < -0.39 is 34.8 Å². The number of allylic oxidation sites excluding steroid dienone is 4. The van der Waals surface area contributed by atoms with Gasteiger partial charge < -0.3 is 0 Å². The summed E-state index contributed by atoms with van der Waals surface area (Å²) in [6.07, 6.45) is -8.52. The van der Waals surface area contributed by atoms with Gasteiger partial charge in [-0.1, -0.05) is 43.7 Å². The van der Waals surface area contributed by atoms with Gasteiger partial charge in [-0.15, -0.1) is 0 Å². The van der Waals surface area contributed by atoms with Gasteiger partial charge in [0.1, 0.15) is 0 Å². The van der Waals surface area contributed by atoms with Gasteiger partial charge in [-0.2, -0.15) is 26.3 Å². The van der Waals surface area contributed by atoms with Crippen LogP contribution in [-0.4, -0.2) is 12.4 Å². The molecule has 0 amide bonds. The van der Waals surface area contributed by atoms with Gasteiger partial charge in [0.25, 0.3) is 0 Å². The highest BCUT2D eigenvalue weighted by atomic mass is 19.4. The normalized spacial score (nSPS) is 22.9. The van der Waals surface area contributed by atoms with Crippen molar-refractivity contribution in [1.82, 2.24) is 0 Å². The molecule has 0 N–H and O–H groups in total. The summed E-state index contributed by atoms with van der Waals surface area (Å²) in [5.74, 6) is -0.953. The van der Waals surface area contributed by atoms with E-state index in [2.05, 4.69) is 0 Å². The van der Waals surface area contributed by atoms with Gasteiger partial charge in [0.15, 0.2) is 0 Å². The van der Waals surface area contributed by atoms with E-state index in [1.165, 1.54) is 12.1 Å². The van der Waals surface area contributed by atoms with Crippen molar-refractivity contribution in [3.63, 3.8) is 0 Å². The van der Waals surface area contributed by atoms with E-state index in [-0.39, 0.29) is 5.92 Å². The Morgan fingerprint density at radius 2 is 1.54 bits per heavy atom. The molecule has 0 nitrogen and oxygen atoms in total. The molecule has 1 saturated carbocycles. The first-order valence-corrected chi connectivity index (χ1v) is 9.55. The van der Waals surface area contributed by atoms with Gasteiger partial charge in [-0.05, 0) is 72.8 Å². The fourth-order valence-electron chi connectivity index (χ4n) is 4.90. The molecule has 3 aliphatic carbocycles. The van der Waals surface area contributed by atoms with Crippen molar-refractivity contribution in [2.75, 3.05) is 0 Å². The second-order valence-corrected chi connectivity index (χ2v) is 7.87. The van der Waals surface area contributed by atoms with Crippen molar-refractivity contribution >= 4 is 0 Å². The van der Waals surface area contributed by atoms with Crippen molar-refractivity contribution in [3.05, 3.63) is 57.7 Å². The van der Waals surface area contributed by atoms with Crippen molar-refractivity contribution in [2.24, 2.45) is 11.8 Å². The lowest BCUT2D eigenvalue weighted by molar-refractivity contribution is -0.293. The van der Waals surface area contributed by atoms with Crippen LogP contribution in [0.4, 0.5) is 26.3 Å². The molecule has 1 aromatic carbocycles. The largest absolute Gasteiger partial charge is 0.410 e. The average molecular weight is 402 g/mol. The molecule has 0 aliphatic heterocycles. The van der Waals surface area contributed by atoms with Gasteiger partial charge in [-0.3, -0.25) is 0 Å². The Morgan fingerprint density at radius 3 is 2.00 bits per heavy atom. The smallest absolute Gasteiger partial charge is 0.169 e. The number of hydrogen-bond acceptors (Lipinski definition) is 0. The fourth-order valence-corrected chi connectivity index (χ4v) is 4.90. The van der Waals surface area contributed by atoms with E-state index in [1.807, 2.05) is 6.92 Å². The zero-order valence-corrected chi connectivity index (χ0v) is 16.4. The lowest BCUT2D eigenvalue weighted by Crippen LogP contribution is -2.59. The minimum atomic E-state index is -5.50. The summed E-state index contributed by atoms with van der Waals surface area (Å²) in [6.45, 7) is 6.82. The van der Waals surface area contributed by atoms with Crippen molar-refractivity contribution in [1.29, 1.82) is 0 Å². The zero-order valence-electron chi connectivity index (χ0n) is 16.4. The third-order valence-electron chi connectivity index (χ3n) is 6.56. The Labute approximate surface area is 161 Å². The summed E-state index contributed by atoms with van der Waals surface area (Å²) in [7, 11) is 0. The van der Waals surface area contributed by atoms with Crippen molar-refractivity contribution in [2.45, 2.75) is 64.7 Å². The predicted octanol–water partition coefficient (Wildman–Crippen LogP) is 7.36. The van der Waals surface area contributed by atoms with Gasteiger partial charge >= 0.3 is 12.4 Å². The van der Waals surface area contributed by atoms with Crippen molar-refractivity contribution in [3.8, 4) is 0 Å². The SMILES string of the molecule is CCC1=C2CC(C(C(c3ccc(C)c(C)c3)(C(F)(F)F)C(F)(F)F)=C1)C2CC. The van der Waals surface area contributed by atoms with Crippen LogP contribution < -0.4 is 0 Å². The first kappa shape index (κ1) is 21.0. The van der Waals surface area contributed by atoms with Gasteiger partial charge in [0.05, 0.1) is 0 Å². The molecule has 154 valence electrons. The number of benzene rings is 1. The molecule has 6 heteroatoms. The number of rotatable bonds is 4. The minimum absolute atomic E-state index is 0.231. The van der Waals surface area contributed by atoms with Crippen LogP contribution in [0.1, 0.15) is 49.8 Å². The summed E-state index contributed by atoms with van der Waals surface area (Å²) in [4.78, 5) is 0. The van der Waals surface area contributed by atoms with E-state index >= 15 is 0 Å². The third kappa shape index (κ3) is 2.74. The molecule has 0 aromatic heterocycles. The van der Waals surface area contributed by atoms with E-state index in [0.29, 0.717) is 36.0 Å². The Kier molecular flexibility index (Phi) is 5.00. The third-order valence-corrected chi connectivity index (χ3v) is 6.56. The van der Waals surface area contributed by atoms with Crippen LogP contribution in [0.15, 0.2) is 41.0 Å². The lowest BCUT2D eigenvalue weighted by Gasteiger charge is -2.52. The van der Waals surface area contributed by atoms with Gasteiger partial charge in [0.2, 0.25) is 5.41 Å². The van der Waals surface area contributed by atoms with Gasteiger partial charge in [-0.25, -0.2) is 0 Å². The molecule has 0 radical (unpaired) electrons. The highest BCUT2D eigenvalue weighted by molar-refractivity contribution is 5.54. The van der Waals surface area contributed by atoms with E-state index in [1.54, 1.807) is 20.8 Å². The molecule has 2 atom stereocenters. The first-order chi connectivity index (χ1) is 12.9. The quantitative estimate of drug-likeness (QED) is 0.462. The Hall–Kier alpha value is -1.72. The van der Waals surface area contributed by atoms with Crippen LogP contribution in [0, 0.1) is 25.7 Å². The molecule has 0 spiro atoms. The summed E-state index contributed by atoms with van der Waals surface area (Å²) in [5, 5.41) is 0. The highest BCUT2D eigenvalue weighted by Gasteiger charge is 2.75. The van der Waals surface area contributed by atoms with Crippen molar-refractivity contribution < 1.29 is 26.3 Å². The number of fused-ring (bicyclic) bond motifs is 1.